The first-order chi connectivity index (χ1) is 8.19. The van der Waals surface area contributed by atoms with Gasteiger partial charge in [0.25, 0.3) is 0 Å². The zero-order valence-corrected chi connectivity index (χ0v) is 11.5. The quantitative estimate of drug-likeness (QED) is 0.639. The van der Waals surface area contributed by atoms with Gasteiger partial charge >= 0.3 is 5.97 Å². The summed E-state index contributed by atoms with van der Waals surface area (Å²) in [5, 5.41) is 3.78. The Bertz CT molecular complexity index is 385. The van der Waals surface area contributed by atoms with Gasteiger partial charge in [0.05, 0.1) is 12.4 Å². The maximum Gasteiger partial charge on any atom is 0.316 e. The van der Waals surface area contributed by atoms with Gasteiger partial charge in [-0.2, -0.15) is 0 Å². The number of carbonyl (C=O) groups is 1. The molecule has 1 rings (SSSR count). The molecule has 0 saturated heterocycles. The molecule has 0 saturated carbocycles. The van der Waals surface area contributed by atoms with Gasteiger partial charge in [-0.25, -0.2) is 0 Å². The smallest absolute Gasteiger partial charge is 0.316 e. The fourth-order valence-electron chi connectivity index (χ4n) is 1.36. The summed E-state index contributed by atoms with van der Waals surface area (Å²) >= 11 is 7.57. The third-order valence-corrected chi connectivity index (χ3v) is 3.51. The average Bonchev–Trinajstić information content (AvgIpc) is 2.30. The van der Waals surface area contributed by atoms with E-state index in [9.17, 15) is 4.79 Å². The van der Waals surface area contributed by atoms with Crippen molar-refractivity contribution in [3.63, 3.8) is 0 Å². The summed E-state index contributed by atoms with van der Waals surface area (Å²) in [7, 11) is 1.86. The molecule has 0 aromatic heterocycles. The second-order valence-corrected chi connectivity index (χ2v) is 4.76. The lowest BCUT2D eigenvalue weighted by atomic mass is 10.2. The summed E-state index contributed by atoms with van der Waals surface area (Å²) < 4.78 is 4.89. The largest absolute Gasteiger partial charge is 0.465 e. The molecule has 3 nitrogen and oxygen atoms in total. The van der Waals surface area contributed by atoms with Crippen LogP contribution in [-0.2, 0) is 16.1 Å². The van der Waals surface area contributed by atoms with E-state index in [0.717, 1.165) is 10.5 Å². The first-order valence-electron chi connectivity index (χ1n) is 5.39. The Balaban J connectivity index is 2.69. The van der Waals surface area contributed by atoms with Crippen LogP contribution in [0.15, 0.2) is 23.1 Å². The van der Waals surface area contributed by atoms with Crippen LogP contribution in [0, 0.1) is 0 Å². The van der Waals surface area contributed by atoms with Crippen molar-refractivity contribution in [1.29, 1.82) is 0 Å². The normalized spacial score (nSPS) is 10.3. The third-order valence-electron chi connectivity index (χ3n) is 2.08. The van der Waals surface area contributed by atoms with Gasteiger partial charge in [0.2, 0.25) is 0 Å². The molecule has 0 aliphatic carbocycles. The van der Waals surface area contributed by atoms with Crippen molar-refractivity contribution in [2.45, 2.75) is 18.4 Å². The predicted octanol–water partition coefficient (Wildman–Crippen LogP) is 2.71. The van der Waals surface area contributed by atoms with Gasteiger partial charge in [-0.05, 0) is 31.7 Å². The summed E-state index contributed by atoms with van der Waals surface area (Å²) in [4.78, 5) is 12.3. The fourth-order valence-corrected chi connectivity index (χ4v) is 2.55. The van der Waals surface area contributed by atoms with Gasteiger partial charge in [0.15, 0.2) is 0 Å². The number of hydrogen-bond donors (Lipinski definition) is 1. The number of halogens is 1. The number of rotatable bonds is 6. The number of carbonyl (C=O) groups excluding carboxylic acids is 1. The van der Waals surface area contributed by atoms with Crippen LogP contribution in [0.25, 0.3) is 0 Å². The lowest BCUT2D eigenvalue weighted by Crippen LogP contribution is -2.09. The zero-order valence-electron chi connectivity index (χ0n) is 9.96. The Hall–Kier alpha value is -0.710. The molecule has 94 valence electrons. The predicted molar refractivity (Wildman–Crippen MR) is 71.6 cm³/mol. The van der Waals surface area contributed by atoms with Gasteiger partial charge in [-0.1, -0.05) is 17.7 Å². The number of hydrogen-bond acceptors (Lipinski definition) is 4. The average molecular weight is 274 g/mol. The van der Waals surface area contributed by atoms with Crippen molar-refractivity contribution in [1.82, 2.24) is 5.32 Å². The highest BCUT2D eigenvalue weighted by Gasteiger charge is 2.09. The molecule has 0 radical (unpaired) electrons. The topological polar surface area (TPSA) is 38.3 Å². The van der Waals surface area contributed by atoms with Gasteiger partial charge < -0.3 is 10.1 Å². The summed E-state index contributed by atoms with van der Waals surface area (Å²) in [5.74, 6) is 0.109. The number of nitrogens with one attached hydrogen (secondary N) is 1. The highest BCUT2D eigenvalue weighted by molar-refractivity contribution is 8.00. The van der Waals surface area contributed by atoms with Crippen LogP contribution in [-0.4, -0.2) is 25.4 Å². The maximum absolute atomic E-state index is 11.3. The summed E-state index contributed by atoms with van der Waals surface area (Å²) in [6.45, 7) is 2.90. The molecule has 0 heterocycles. The number of thioether (sulfide) groups is 1. The molecular formula is C12H16ClNO2S. The Morgan fingerprint density at radius 3 is 2.94 bits per heavy atom. The van der Waals surface area contributed by atoms with E-state index in [1.165, 1.54) is 11.8 Å². The number of ether oxygens (including phenoxy) is 1. The molecule has 1 aromatic carbocycles. The van der Waals surface area contributed by atoms with Crippen LogP contribution in [0.3, 0.4) is 0 Å². The van der Waals surface area contributed by atoms with Gasteiger partial charge in [0.1, 0.15) is 0 Å². The van der Waals surface area contributed by atoms with Crippen LogP contribution in [0.4, 0.5) is 0 Å². The molecule has 0 spiro atoms. The Kier molecular flexibility index (Phi) is 6.40. The van der Waals surface area contributed by atoms with Crippen LogP contribution >= 0.6 is 23.4 Å². The van der Waals surface area contributed by atoms with E-state index in [1.54, 1.807) is 6.92 Å². The lowest BCUT2D eigenvalue weighted by Gasteiger charge is -2.10. The van der Waals surface area contributed by atoms with E-state index in [4.69, 9.17) is 16.3 Å². The second kappa shape index (κ2) is 7.58. The van der Waals surface area contributed by atoms with Crippen molar-refractivity contribution < 1.29 is 9.53 Å². The molecule has 17 heavy (non-hydrogen) atoms. The molecule has 1 N–H and O–H groups in total. The minimum Gasteiger partial charge on any atom is -0.465 e. The van der Waals surface area contributed by atoms with Crippen LogP contribution < -0.4 is 5.32 Å². The van der Waals surface area contributed by atoms with Gasteiger partial charge in [0, 0.05) is 16.5 Å². The maximum atomic E-state index is 11.3. The Morgan fingerprint density at radius 2 is 2.29 bits per heavy atom. The summed E-state index contributed by atoms with van der Waals surface area (Å²) in [6, 6.07) is 5.69. The van der Waals surface area contributed by atoms with E-state index < -0.39 is 0 Å². The van der Waals surface area contributed by atoms with E-state index in [1.807, 2.05) is 25.2 Å². The highest BCUT2D eigenvalue weighted by atomic mass is 35.5. The molecular weight excluding hydrogens is 258 g/mol. The zero-order chi connectivity index (χ0) is 12.7. The van der Waals surface area contributed by atoms with Crippen molar-refractivity contribution in [2.75, 3.05) is 19.4 Å². The molecule has 0 aliphatic heterocycles. The SMILES string of the molecule is CCOC(=O)CSc1cccc(Cl)c1CNC. The molecule has 0 atom stereocenters. The minimum absolute atomic E-state index is 0.201. The van der Waals surface area contributed by atoms with Gasteiger partial charge in [-0.15, -0.1) is 11.8 Å². The molecule has 5 heteroatoms. The summed E-state index contributed by atoms with van der Waals surface area (Å²) in [6.07, 6.45) is 0. The van der Waals surface area contributed by atoms with Crippen LogP contribution in [0.2, 0.25) is 5.02 Å². The monoisotopic (exact) mass is 273 g/mol. The van der Waals surface area contributed by atoms with E-state index in [-0.39, 0.29) is 5.97 Å². The van der Waals surface area contributed by atoms with Crippen LogP contribution in [0.5, 0.6) is 0 Å². The molecule has 0 amide bonds. The molecule has 0 fully saturated rings. The Morgan fingerprint density at radius 1 is 1.53 bits per heavy atom. The second-order valence-electron chi connectivity index (χ2n) is 3.34. The highest BCUT2D eigenvalue weighted by Crippen LogP contribution is 2.28. The van der Waals surface area contributed by atoms with Crippen LogP contribution in [0.1, 0.15) is 12.5 Å². The minimum atomic E-state index is -0.201. The third kappa shape index (κ3) is 4.58. The van der Waals surface area contributed by atoms with Gasteiger partial charge in [-0.3, -0.25) is 4.79 Å². The number of benzene rings is 1. The molecule has 0 aliphatic rings. The lowest BCUT2D eigenvalue weighted by molar-refractivity contribution is -0.139. The first kappa shape index (κ1) is 14.4. The van der Waals surface area contributed by atoms with Crippen molar-refractivity contribution in [2.24, 2.45) is 0 Å². The molecule has 0 bridgehead atoms. The number of esters is 1. The van der Waals surface area contributed by atoms with E-state index >= 15 is 0 Å². The van der Waals surface area contributed by atoms with E-state index in [0.29, 0.717) is 23.9 Å². The fraction of sp³-hybridized carbons (Fsp3) is 0.417. The molecule has 0 unspecified atom stereocenters. The van der Waals surface area contributed by atoms with E-state index in [2.05, 4.69) is 5.32 Å². The first-order valence-corrected chi connectivity index (χ1v) is 6.75. The molecule has 1 aromatic rings. The Labute approximate surface area is 111 Å². The van der Waals surface area contributed by atoms with Crippen molar-refractivity contribution in [3.8, 4) is 0 Å². The van der Waals surface area contributed by atoms with Crippen molar-refractivity contribution >= 4 is 29.3 Å². The standard InChI is InChI=1S/C12H16ClNO2S/c1-3-16-12(15)8-17-11-6-4-5-10(13)9(11)7-14-2/h4-6,14H,3,7-8H2,1-2H3. The summed E-state index contributed by atoms with van der Waals surface area (Å²) in [5.41, 5.74) is 1.02. The van der Waals surface area contributed by atoms with Crippen molar-refractivity contribution in [3.05, 3.63) is 28.8 Å².